The van der Waals surface area contributed by atoms with Crippen molar-refractivity contribution in [3.8, 4) is 0 Å². The molecule has 0 radical (unpaired) electrons. The van der Waals surface area contributed by atoms with Crippen LogP contribution in [0.5, 0.6) is 0 Å². The molecule has 21 heavy (non-hydrogen) atoms. The molecule has 1 saturated heterocycles. The minimum absolute atomic E-state index is 0.216. The molecule has 0 bridgehead atoms. The Balaban J connectivity index is 1.82. The zero-order chi connectivity index (χ0) is 14.8. The highest BCUT2D eigenvalue weighted by atomic mass is 16.2. The highest BCUT2D eigenvalue weighted by Crippen LogP contribution is 2.37. The van der Waals surface area contributed by atoms with Crippen LogP contribution >= 0.6 is 0 Å². The topological polar surface area (TPSA) is 32.3 Å². The van der Waals surface area contributed by atoms with Crippen LogP contribution in [0, 0.1) is 5.92 Å². The third-order valence-corrected chi connectivity index (χ3v) is 4.87. The summed E-state index contributed by atoms with van der Waals surface area (Å²) in [6, 6.07) is 8.76. The highest BCUT2D eigenvalue weighted by molar-refractivity contribution is 6.00. The van der Waals surface area contributed by atoms with Crippen molar-refractivity contribution in [2.75, 3.05) is 11.9 Å². The van der Waals surface area contributed by atoms with Gasteiger partial charge in [0.25, 0.3) is 5.91 Å². The Kier molecular flexibility index (Phi) is 4.18. The van der Waals surface area contributed by atoms with Crippen LogP contribution in [-0.4, -0.2) is 29.4 Å². The lowest BCUT2D eigenvalue weighted by atomic mass is 9.85. The zero-order valence-electron chi connectivity index (χ0n) is 13.1. The van der Waals surface area contributed by atoms with E-state index in [1.165, 1.54) is 32.1 Å². The monoisotopic (exact) mass is 286 g/mol. The summed E-state index contributed by atoms with van der Waals surface area (Å²) in [5, 5.41) is 3.40. The summed E-state index contributed by atoms with van der Waals surface area (Å²) in [5.41, 5.74) is 1.80. The second-order valence-electron chi connectivity index (χ2n) is 6.74. The van der Waals surface area contributed by atoms with Crippen molar-refractivity contribution in [3.63, 3.8) is 0 Å². The van der Waals surface area contributed by atoms with Crippen molar-refractivity contribution in [2.45, 2.75) is 58.0 Å². The van der Waals surface area contributed by atoms with Gasteiger partial charge in [-0.05, 0) is 51.2 Å². The quantitative estimate of drug-likeness (QED) is 0.913. The Morgan fingerprint density at radius 1 is 1.19 bits per heavy atom. The number of para-hydroxylation sites is 1. The van der Waals surface area contributed by atoms with E-state index in [0.717, 1.165) is 23.7 Å². The van der Waals surface area contributed by atoms with Gasteiger partial charge in [-0.3, -0.25) is 4.79 Å². The third kappa shape index (κ3) is 2.92. The van der Waals surface area contributed by atoms with E-state index in [1.54, 1.807) is 0 Å². The van der Waals surface area contributed by atoms with Crippen LogP contribution in [0.15, 0.2) is 24.3 Å². The molecular formula is C18H26N2O. The van der Waals surface area contributed by atoms with E-state index in [2.05, 4.69) is 24.1 Å². The van der Waals surface area contributed by atoms with E-state index in [9.17, 15) is 4.79 Å². The lowest BCUT2D eigenvalue weighted by Gasteiger charge is -2.32. The van der Waals surface area contributed by atoms with Crippen LogP contribution in [-0.2, 0) is 0 Å². The van der Waals surface area contributed by atoms with E-state index in [4.69, 9.17) is 0 Å². The van der Waals surface area contributed by atoms with E-state index >= 15 is 0 Å². The number of carbonyl (C=O) groups is 1. The van der Waals surface area contributed by atoms with Gasteiger partial charge in [-0.15, -0.1) is 0 Å². The van der Waals surface area contributed by atoms with Crippen LogP contribution < -0.4 is 5.32 Å². The van der Waals surface area contributed by atoms with Crippen molar-refractivity contribution in [1.29, 1.82) is 0 Å². The second kappa shape index (κ2) is 6.08. The minimum atomic E-state index is 0.216. The van der Waals surface area contributed by atoms with Gasteiger partial charge in [-0.2, -0.15) is 0 Å². The summed E-state index contributed by atoms with van der Waals surface area (Å²) in [7, 11) is 0. The van der Waals surface area contributed by atoms with Gasteiger partial charge in [0.15, 0.2) is 0 Å². The molecule has 3 nitrogen and oxygen atoms in total. The van der Waals surface area contributed by atoms with Gasteiger partial charge in [0, 0.05) is 24.3 Å². The van der Waals surface area contributed by atoms with Gasteiger partial charge in [-0.1, -0.05) is 25.0 Å². The summed E-state index contributed by atoms with van der Waals surface area (Å²) in [5.74, 6) is 0.959. The third-order valence-electron chi connectivity index (χ3n) is 4.87. The molecule has 2 atom stereocenters. The van der Waals surface area contributed by atoms with Gasteiger partial charge in [-0.25, -0.2) is 0 Å². The fourth-order valence-electron chi connectivity index (χ4n) is 3.92. The molecule has 3 heteroatoms. The van der Waals surface area contributed by atoms with Crippen LogP contribution in [0.4, 0.5) is 5.69 Å². The molecule has 1 N–H and O–H groups in total. The highest BCUT2D eigenvalue weighted by Gasteiger charge is 2.38. The van der Waals surface area contributed by atoms with Gasteiger partial charge >= 0.3 is 0 Å². The van der Waals surface area contributed by atoms with Crippen molar-refractivity contribution in [1.82, 2.24) is 4.90 Å². The Bertz CT molecular complexity index is 512. The molecule has 1 amide bonds. The zero-order valence-corrected chi connectivity index (χ0v) is 13.1. The average Bonchev–Trinajstić information content (AvgIpc) is 2.90. The van der Waals surface area contributed by atoms with Crippen molar-refractivity contribution in [3.05, 3.63) is 29.8 Å². The average molecular weight is 286 g/mol. The lowest BCUT2D eigenvalue weighted by molar-refractivity contribution is 0.0691. The number of nitrogens with zero attached hydrogens (tertiary/aromatic N) is 1. The maximum Gasteiger partial charge on any atom is 0.256 e. The van der Waals surface area contributed by atoms with E-state index in [-0.39, 0.29) is 5.91 Å². The van der Waals surface area contributed by atoms with Gasteiger partial charge in [0.1, 0.15) is 0 Å². The Hall–Kier alpha value is -1.51. The second-order valence-corrected chi connectivity index (χ2v) is 6.74. The van der Waals surface area contributed by atoms with Crippen LogP contribution in [0.3, 0.4) is 0 Å². The number of hydrogen-bond acceptors (Lipinski definition) is 2. The molecule has 0 aromatic heterocycles. The number of nitrogens with one attached hydrogen (secondary N) is 1. The number of fused-ring (bicyclic) bond motifs is 1. The van der Waals surface area contributed by atoms with Gasteiger partial charge < -0.3 is 10.2 Å². The first-order valence-corrected chi connectivity index (χ1v) is 8.33. The van der Waals surface area contributed by atoms with Crippen molar-refractivity contribution >= 4 is 11.6 Å². The van der Waals surface area contributed by atoms with Crippen molar-refractivity contribution in [2.24, 2.45) is 5.92 Å². The molecular weight excluding hydrogens is 260 g/mol. The van der Waals surface area contributed by atoms with Gasteiger partial charge in [0.05, 0.1) is 5.56 Å². The van der Waals surface area contributed by atoms with Crippen molar-refractivity contribution < 1.29 is 4.79 Å². The molecule has 1 aromatic rings. The van der Waals surface area contributed by atoms with E-state index in [1.807, 2.05) is 24.3 Å². The number of hydrogen-bond donors (Lipinski definition) is 1. The number of anilines is 1. The number of rotatable bonds is 3. The standard InChI is InChI=1S/C18H26N2O/c1-13(2)19-16-9-5-4-8-15(16)18(21)20-12-11-14-7-3-6-10-17(14)20/h4-5,8-9,13-14,17,19H,3,6-7,10-12H2,1-2H3. The molecule has 1 aliphatic heterocycles. The molecule has 1 aliphatic carbocycles. The maximum atomic E-state index is 13.0. The molecule has 1 aromatic carbocycles. The summed E-state index contributed by atoms with van der Waals surface area (Å²) in [6.07, 6.45) is 6.30. The SMILES string of the molecule is CC(C)Nc1ccccc1C(=O)N1CCC2CCCCC21. The summed E-state index contributed by atoms with van der Waals surface area (Å²) >= 11 is 0. The fraction of sp³-hybridized carbons (Fsp3) is 0.611. The van der Waals surface area contributed by atoms with Crippen LogP contribution in [0.25, 0.3) is 0 Å². The predicted molar refractivity (Wildman–Crippen MR) is 86.6 cm³/mol. The van der Waals surface area contributed by atoms with Crippen LogP contribution in [0.1, 0.15) is 56.3 Å². The minimum Gasteiger partial charge on any atom is -0.382 e. The number of likely N-dealkylation sites (tertiary alicyclic amines) is 1. The summed E-state index contributed by atoms with van der Waals surface area (Å²) in [4.78, 5) is 15.1. The normalized spacial score (nSPS) is 25.0. The molecule has 2 aliphatic rings. The smallest absolute Gasteiger partial charge is 0.256 e. The molecule has 1 heterocycles. The first-order valence-electron chi connectivity index (χ1n) is 8.33. The molecule has 3 rings (SSSR count). The van der Waals surface area contributed by atoms with Gasteiger partial charge in [0.2, 0.25) is 0 Å². The predicted octanol–water partition coefficient (Wildman–Crippen LogP) is 3.91. The Labute approximate surface area is 127 Å². The summed E-state index contributed by atoms with van der Waals surface area (Å²) < 4.78 is 0. The molecule has 114 valence electrons. The van der Waals surface area contributed by atoms with E-state index < -0.39 is 0 Å². The van der Waals surface area contributed by atoms with E-state index in [0.29, 0.717) is 12.1 Å². The summed E-state index contributed by atoms with van der Waals surface area (Å²) in [6.45, 7) is 5.15. The fourth-order valence-corrected chi connectivity index (χ4v) is 3.92. The number of benzene rings is 1. The molecule has 2 fully saturated rings. The molecule has 1 saturated carbocycles. The largest absolute Gasteiger partial charge is 0.382 e. The maximum absolute atomic E-state index is 13.0. The molecule has 2 unspecified atom stereocenters. The lowest BCUT2D eigenvalue weighted by Crippen LogP contribution is -2.39. The first-order chi connectivity index (χ1) is 10.2. The number of amides is 1. The van der Waals surface area contributed by atoms with Crippen LogP contribution in [0.2, 0.25) is 0 Å². The Morgan fingerprint density at radius 3 is 2.76 bits per heavy atom. The molecule has 0 spiro atoms. The Morgan fingerprint density at radius 2 is 1.95 bits per heavy atom. The first kappa shape index (κ1) is 14.4. The number of carbonyl (C=O) groups excluding carboxylic acids is 1.